The summed E-state index contributed by atoms with van der Waals surface area (Å²) in [6.45, 7) is 1.01. The quantitative estimate of drug-likeness (QED) is 0.718. The lowest BCUT2D eigenvalue weighted by Gasteiger charge is -2.06. The van der Waals surface area contributed by atoms with E-state index in [0.717, 1.165) is 12.3 Å². The minimum absolute atomic E-state index is 0.358. The summed E-state index contributed by atoms with van der Waals surface area (Å²) in [7, 11) is 0. The molecule has 0 spiro atoms. The number of alkyl halides is 3. The Labute approximate surface area is 83.6 Å². The third-order valence-corrected chi connectivity index (χ3v) is 1.89. The van der Waals surface area contributed by atoms with E-state index in [1.807, 2.05) is 0 Å². The number of aromatic nitrogens is 1. The fourth-order valence-corrected chi connectivity index (χ4v) is 1.20. The SMILES string of the molecule is FC(F)(F)c1ccc(C2=NCCO2)cn1. The maximum Gasteiger partial charge on any atom is 0.433 e. The molecule has 0 bridgehead atoms. The molecule has 0 aromatic carbocycles. The van der Waals surface area contributed by atoms with E-state index in [4.69, 9.17) is 4.74 Å². The van der Waals surface area contributed by atoms with E-state index >= 15 is 0 Å². The van der Waals surface area contributed by atoms with E-state index in [9.17, 15) is 13.2 Å². The molecule has 0 saturated carbocycles. The number of pyridine rings is 1. The molecule has 0 saturated heterocycles. The average molecular weight is 216 g/mol. The summed E-state index contributed by atoms with van der Waals surface area (Å²) >= 11 is 0. The van der Waals surface area contributed by atoms with Gasteiger partial charge in [-0.25, -0.2) is 4.99 Å². The van der Waals surface area contributed by atoms with Crippen LogP contribution in [0.25, 0.3) is 0 Å². The lowest BCUT2D eigenvalue weighted by atomic mass is 10.2. The van der Waals surface area contributed by atoms with Crippen molar-refractivity contribution in [3.8, 4) is 0 Å². The van der Waals surface area contributed by atoms with Crippen LogP contribution in [0.15, 0.2) is 23.3 Å². The van der Waals surface area contributed by atoms with Crippen LogP contribution in [-0.2, 0) is 10.9 Å². The average Bonchev–Trinajstić information content (AvgIpc) is 2.69. The van der Waals surface area contributed by atoms with Crippen LogP contribution in [0.5, 0.6) is 0 Å². The van der Waals surface area contributed by atoms with Crippen molar-refractivity contribution in [2.75, 3.05) is 13.2 Å². The summed E-state index contributed by atoms with van der Waals surface area (Å²) in [5.41, 5.74) is -0.439. The number of rotatable bonds is 1. The van der Waals surface area contributed by atoms with Gasteiger partial charge in [0, 0.05) is 6.20 Å². The Balaban J connectivity index is 2.24. The number of ether oxygens (including phenoxy) is 1. The highest BCUT2D eigenvalue weighted by Gasteiger charge is 2.32. The molecule has 1 aliphatic heterocycles. The molecule has 3 nitrogen and oxygen atoms in total. The highest BCUT2D eigenvalue weighted by Crippen LogP contribution is 2.27. The van der Waals surface area contributed by atoms with Crippen LogP contribution in [-0.4, -0.2) is 24.0 Å². The molecule has 1 aliphatic rings. The second-order valence-electron chi connectivity index (χ2n) is 2.97. The Hall–Kier alpha value is -1.59. The van der Waals surface area contributed by atoms with E-state index in [1.54, 1.807) is 0 Å². The summed E-state index contributed by atoms with van der Waals surface area (Å²) in [6.07, 6.45) is -3.29. The number of nitrogens with zero attached hydrogens (tertiary/aromatic N) is 2. The van der Waals surface area contributed by atoms with Crippen LogP contribution >= 0.6 is 0 Å². The molecule has 0 N–H and O–H groups in total. The zero-order valence-electron chi connectivity index (χ0n) is 7.58. The summed E-state index contributed by atoms with van der Waals surface area (Å²) in [6, 6.07) is 2.22. The Morgan fingerprint density at radius 3 is 2.53 bits per heavy atom. The lowest BCUT2D eigenvalue weighted by Crippen LogP contribution is -2.09. The minimum atomic E-state index is -4.41. The van der Waals surface area contributed by atoms with Crippen molar-refractivity contribution in [1.29, 1.82) is 0 Å². The van der Waals surface area contributed by atoms with Gasteiger partial charge in [-0.2, -0.15) is 13.2 Å². The van der Waals surface area contributed by atoms with Gasteiger partial charge >= 0.3 is 6.18 Å². The van der Waals surface area contributed by atoms with Gasteiger partial charge in [-0.3, -0.25) is 4.98 Å². The number of aliphatic imine (C=N–C) groups is 1. The Morgan fingerprint density at radius 1 is 1.27 bits per heavy atom. The number of hydrogen-bond acceptors (Lipinski definition) is 3. The van der Waals surface area contributed by atoms with Gasteiger partial charge in [0.15, 0.2) is 0 Å². The molecule has 1 aromatic rings. The maximum atomic E-state index is 12.2. The monoisotopic (exact) mass is 216 g/mol. The zero-order valence-corrected chi connectivity index (χ0v) is 7.58. The van der Waals surface area contributed by atoms with E-state index < -0.39 is 11.9 Å². The Kier molecular flexibility index (Phi) is 2.34. The first kappa shape index (κ1) is 9.95. The molecular weight excluding hydrogens is 209 g/mol. The van der Waals surface area contributed by atoms with Gasteiger partial charge < -0.3 is 4.74 Å². The van der Waals surface area contributed by atoms with Crippen molar-refractivity contribution in [1.82, 2.24) is 4.98 Å². The second kappa shape index (κ2) is 3.52. The Morgan fingerprint density at radius 2 is 2.07 bits per heavy atom. The molecule has 15 heavy (non-hydrogen) atoms. The molecule has 0 fully saturated rings. The predicted molar refractivity (Wildman–Crippen MR) is 46.6 cm³/mol. The molecule has 0 aliphatic carbocycles. The molecule has 0 amide bonds. The maximum absolute atomic E-state index is 12.2. The molecule has 2 rings (SSSR count). The van der Waals surface area contributed by atoms with E-state index in [1.165, 1.54) is 6.07 Å². The molecule has 0 radical (unpaired) electrons. The summed E-state index contributed by atoms with van der Waals surface area (Å²) in [4.78, 5) is 7.28. The van der Waals surface area contributed by atoms with Crippen molar-refractivity contribution in [3.05, 3.63) is 29.6 Å². The highest BCUT2D eigenvalue weighted by atomic mass is 19.4. The standard InChI is InChI=1S/C9H7F3N2O/c10-9(11,12)7-2-1-6(5-14-7)8-13-3-4-15-8/h1-2,5H,3-4H2. The van der Waals surface area contributed by atoms with Crippen molar-refractivity contribution < 1.29 is 17.9 Å². The van der Waals surface area contributed by atoms with Gasteiger partial charge in [0.2, 0.25) is 5.90 Å². The van der Waals surface area contributed by atoms with Crippen LogP contribution in [0, 0.1) is 0 Å². The van der Waals surface area contributed by atoms with Gasteiger partial charge in [-0.05, 0) is 12.1 Å². The van der Waals surface area contributed by atoms with Crippen molar-refractivity contribution in [3.63, 3.8) is 0 Å². The third-order valence-electron chi connectivity index (χ3n) is 1.89. The molecule has 0 unspecified atom stereocenters. The van der Waals surface area contributed by atoms with Crippen molar-refractivity contribution >= 4 is 5.90 Å². The lowest BCUT2D eigenvalue weighted by molar-refractivity contribution is -0.141. The molecule has 6 heteroatoms. The fraction of sp³-hybridized carbons (Fsp3) is 0.333. The van der Waals surface area contributed by atoms with E-state index in [2.05, 4.69) is 9.98 Å². The summed E-state index contributed by atoms with van der Waals surface area (Å²) in [5, 5.41) is 0. The predicted octanol–water partition coefficient (Wildman–Crippen LogP) is 1.88. The Bertz CT molecular complexity index is 383. The summed E-state index contributed by atoms with van der Waals surface area (Å²) in [5.74, 6) is 0.358. The second-order valence-corrected chi connectivity index (χ2v) is 2.97. The minimum Gasteiger partial charge on any atom is -0.475 e. The smallest absolute Gasteiger partial charge is 0.433 e. The van der Waals surface area contributed by atoms with Gasteiger partial charge in [0.05, 0.1) is 12.1 Å². The topological polar surface area (TPSA) is 34.5 Å². The van der Waals surface area contributed by atoms with Gasteiger partial charge in [0.1, 0.15) is 12.3 Å². The van der Waals surface area contributed by atoms with E-state index in [0.29, 0.717) is 24.6 Å². The highest BCUT2D eigenvalue weighted by molar-refractivity contribution is 5.94. The first-order valence-electron chi connectivity index (χ1n) is 4.28. The third kappa shape index (κ3) is 2.08. The van der Waals surface area contributed by atoms with E-state index in [-0.39, 0.29) is 0 Å². The normalized spacial score (nSPS) is 16.1. The fourth-order valence-electron chi connectivity index (χ4n) is 1.20. The van der Waals surface area contributed by atoms with Crippen molar-refractivity contribution in [2.24, 2.45) is 4.99 Å². The number of halogens is 3. The van der Waals surface area contributed by atoms with Crippen LogP contribution in [0.1, 0.15) is 11.3 Å². The van der Waals surface area contributed by atoms with Gasteiger partial charge in [-0.1, -0.05) is 0 Å². The van der Waals surface area contributed by atoms with Crippen LogP contribution in [0.2, 0.25) is 0 Å². The zero-order chi connectivity index (χ0) is 10.9. The molecule has 0 atom stereocenters. The number of hydrogen-bond donors (Lipinski definition) is 0. The molecule has 80 valence electrons. The molecular formula is C9H7F3N2O. The molecule has 2 heterocycles. The molecule has 1 aromatic heterocycles. The first-order chi connectivity index (χ1) is 7.07. The largest absolute Gasteiger partial charge is 0.475 e. The van der Waals surface area contributed by atoms with Crippen LogP contribution < -0.4 is 0 Å². The van der Waals surface area contributed by atoms with Crippen LogP contribution in [0.4, 0.5) is 13.2 Å². The van der Waals surface area contributed by atoms with Gasteiger partial charge in [0.25, 0.3) is 0 Å². The summed E-state index contributed by atoms with van der Waals surface area (Å²) < 4.78 is 41.6. The first-order valence-corrected chi connectivity index (χ1v) is 4.28. The van der Waals surface area contributed by atoms with Gasteiger partial charge in [-0.15, -0.1) is 0 Å². The van der Waals surface area contributed by atoms with Crippen molar-refractivity contribution in [2.45, 2.75) is 6.18 Å². The van der Waals surface area contributed by atoms with Crippen LogP contribution in [0.3, 0.4) is 0 Å².